The van der Waals surface area contributed by atoms with Gasteiger partial charge in [0.25, 0.3) is 0 Å². The molecule has 1 aromatic heterocycles. The van der Waals surface area contributed by atoms with Gasteiger partial charge in [-0.25, -0.2) is 9.37 Å². The zero-order valence-corrected chi connectivity index (χ0v) is 8.79. The lowest BCUT2D eigenvalue weighted by Gasteiger charge is -2.10. The van der Waals surface area contributed by atoms with Gasteiger partial charge in [0, 0.05) is 11.6 Å². The molecule has 1 heterocycles. The monoisotopic (exact) mass is 204 g/mol. The van der Waals surface area contributed by atoms with Crippen LogP contribution in [0.25, 0.3) is 10.8 Å². The molecule has 0 aliphatic heterocycles. The molecule has 0 fully saturated rings. The van der Waals surface area contributed by atoms with Crippen LogP contribution in [0.1, 0.15) is 25.3 Å². The van der Waals surface area contributed by atoms with E-state index in [1.165, 1.54) is 12.1 Å². The number of pyridine rings is 1. The van der Waals surface area contributed by atoms with Gasteiger partial charge in [-0.1, -0.05) is 13.8 Å². The van der Waals surface area contributed by atoms with Crippen LogP contribution in [0.3, 0.4) is 0 Å². The maximum atomic E-state index is 13.2. The molecule has 0 aliphatic carbocycles. The minimum Gasteiger partial charge on any atom is -0.383 e. The first kappa shape index (κ1) is 9.90. The minimum absolute atomic E-state index is 0.241. The first-order chi connectivity index (χ1) is 7.09. The number of aromatic nitrogens is 1. The van der Waals surface area contributed by atoms with Crippen molar-refractivity contribution in [1.82, 2.24) is 4.98 Å². The second-order valence-electron chi connectivity index (χ2n) is 3.94. The van der Waals surface area contributed by atoms with Crippen LogP contribution in [0.4, 0.5) is 10.2 Å². The van der Waals surface area contributed by atoms with Crippen LogP contribution in [0, 0.1) is 5.82 Å². The molecule has 0 bridgehead atoms. The smallest absolute Gasteiger partial charge is 0.131 e. The van der Waals surface area contributed by atoms with Crippen molar-refractivity contribution in [1.29, 1.82) is 0 Å². The molecule has 15 heavy (non-hydrogen) atoms. The van der Waals surface area contributed by atoms with E-state index in [9.17, 15) is 4.39 Å². The lowest BCUT2D eigenvalue weighted by Crippen LogP contribution is -1.97. The number of nitrogen functional groups attached to an aromatic ring is 1. The fraction of sp³-hybridized carbons (Fsp3) is 0.250. The third-order valence-corrected chi connectivity index (χ3v) is 2.53. The van der Waals surface area contributed by atoms with Gasteiger partial charge in [-0.2, -0.15) is 0 Å². The summed E-state index contributed by atoms with van der Waals surface area (Å²) >= 11 is 0. The van der Waals surface area contributed by atoms with E-state index in [1.807, 2.05) is 0 Å². The summed E-state index contributed by atoms with van der Waals surface area (Å²) in [6, 6.07) is 4.60. The van der Waals surface area contributed by atoms with E-state index in [0.717, 1.165) is 16.3 Å². The van der Waals surface area contributed by atoms with E-state index in [-0.39, 0.29) is 5.82 Å². The van der Waals surface area contributed by atoms with Crippen molar-refractivity contribution in [2.24, 2.45) is 0 Å². The largest absolute Gasteiger partial charge is 0.383 e. The SMILES string of the molecule is CC(C)c1cnc(N)c2ccc(F)cc12. The average molecular weight is 204 g/mol. The van der Waals surface area contributed by atoms with Crippen molar-refractivity contribution in [2.45, 2.75) is 19.8 Å². The van der Waals surface area contributed by atoms with Gasteiger partial charge in [-0.05, 0) is 35.1 Å². The third-order valence-electron chi connectivity index (χ3n) is 2.53. The first-order valence-corrected chi connectivity index (χ1v) is 4.93. The van der Waals surface area contributed by atoms with E-state index in [0.29, 0.717) is 11.7 Å². The Kier molecular flexibility index (Phi) is 2.31. The molecule has 0 radical (unpaired) electrons. The van der Waals surface area contributed by atoms with Crippen LogP contribution in [-0.4, -0.2) is 4.98 Å². The molecule has 78 valence electrons. The number of hydrogen-bond donors (Lipinski definition) is 1. The number of benzene rings is 1. The lowest BCUT2D eigenvalue weighted by atomic mass is 9.98. The van der Waals surface area contributed by atoms with E-state index >= 15 is 0 Å². The quantitative estimate of drug-likeness (QED) is 0.775. The van der Waals surface area contributed by atoms with Crippen LogP contribution in [0.15, 0.2) is 24.4 Å². The van der Waals surface area contributed by atoms with E-state index in [1.54, 1.807) is 12.3 Å². The van der Waals surface area contributed by atoms with Gasteiger partial charge in [-0.3, -0.25) is 0 Å². The molecule has 0 saturated heterocycles. The molecule has 0 aliphatic rings. The first-order valence-electron chi connectivity index (χ1n) is 4.93. The Labute approximate surface area is 87.9 Å². The molecule has 0 unspecified atom stereocenters. The highest BCUT2D eigenvalue weighted by molar-refractivity contribution is 5.93. The standard InChI is InChI=1S/C12H13FN2/c1-7(2)11-6-15-12(14)9-4-3-8(13)5-10(9)11/h3-7H,1-2H3,(H2,14,15). The van der Waals surface area contributed by atoms with Crippen molar-refractivity contribution < 1.29 is 4.39 Å². The number of rotatable bonds is 1. The fourth-order valence-corrected chi connectivity index (χ4v) is 1.72. The van der Waals surface area contributed by atoms with Crippen molar-refractivity contribution in [2.75, 3.05) is 5.73 Å². The second kappa shape index (κ2) is 3.50. The number of hydrogen-bond acceptors (Lipinski definition) is 2. The summed E-state index contributed by atoms with van der Waals surface area (Å²) in [7, 11) is 0. The van der Waals surface area contributed by atoms with Crippen molar-refractivity contribution in [3.63, 3.8) is 0 Å². The second-order valence-corrected chi connectivity index (χ2v) is 3.94. The van der Waals surface area contributed by atoms with Crippen molar-refractivity contribution in [3.8, 4) is 0 Å². The summed E-state index contributed by atoms with van der Waals surface area (Å²) in [5.41, 5.74) is 6.77. The summed E-state index contributed by atoms with van der Waals surface area (Å²) in [5, 5.41) is 1.68. The van der Waals surface area contributed by atoms with E-state index in [2.05, 4.69) is 18.8 Å². The van der Waals surface area contributed by atoms with Crippen LogP contribution in [-0.2, 0) is 0 Å². The Hall–Kier alpha value is -1.64. The number of fused-ring (bicyclic) bond motifs is 1. The third kappa shape index (κ3) is 1.65. The Morgan fingerprint density at radius 2 is 2.00 bits per heavy atom. The molecule has 2 rings (SSSR count). The molecule has 2 nitrogen and oxygen atoms in total. The fourth-order valence-electron chi connectivity index (χ4n) is 1.72. The topological polar surface area (TPSA) is 38.9 Å². The molecule has 0 amide bonds. The normalized spacial score (nSPS) is 11.2. The molecule has 3 heteroatoms. The van der Waals surface area contributed by atoms with E-state index in [4.69, 9.17) is 5.73 Å². The Morgan fingerprint density at radius 3 is 2.67 bits per heavy atom. The Bertz CT molecular complexity index is 506. The van der Waals surface area contributed by atoms with Crippen LogP contribution in [0.5, 0.6) is 0 Å². The predicted molar refractivity (Wildman–Crippen MR) is 60.2 cm³/mol. The summed E-state index contributed by atoms with van der Waals surface area (Å²) in [6.07, 6.45) is 1.72. The zero-order valence-electron chi connectivity index (χ0n) is 8.79. The Morgan fingerprint density at radius 1 is 1.27 bits per heavy atom. The minimum atomic E-state index is -0.241. The van der Waals surface area contributed by atoms with Crippen molar-refractivity contribution in [3.05, 3.63) is 35.8 Å². The molecule has 2 aromatic rings. The molecule has 0 saturated carbocycles. The number of anilines is 1. The maximum absolute atomic E-state index is 13.2. The summed E-state index contributed by atoms with van der Waals surface area (Å²) in [4.78, 5) is 4.11. The molecular formula is C12H13FN2. The Balaban J connectivity index is 2.84. The van der Waals surface area contributed by atoms with Gasteiger partial charge in [0.15, 0.2) is 0 Å². The molecular weight excluding hydrogens is 191 g/mol. The highest BCUT2D eigenvalue weighted by Crippen LogP contribution is 2.28. The summed E-state index contributed by atoms with van der Waals surface area (Å²) in [5.74, 6) is 0.520. The molecule has 0 spiro atoms. The van der Waals surface area contributed by atoms with Gasteiger partial charge in [-0.15, -0.1) is 0 Å². The predicted octanol–water partition coefficient (Wildman–Crippen LogP) is 3.08. The van der Waals surface area contributed by atoms with Crippen molar-refractivity contribution >= 4 is 16.6 Å². The molecule has 0 atom stereocenters. The van der Waals surface area contributed by atoms with Gasteiger partial charge in [0.2, 0.25) is 0 Å². The van der Waals surface area contributed by atoms with Gasteiger partial charge >= 0.3 is 0 Å². The van der Waals surface area contributed by atoms with Crippen LogP contribution in [0.2, 0.25) is 0 Å². The van der Waals surface area contributed by atoms with Gasteiger partial charge in [0.1, 0.15) is 11.6 Å². The van der Waals surface area contributed by atoms with Crippen LogP contribution >= 0.6 is 0 Å². The lowest BCUT2D eigenvalue weighted by molar-refractivity contribution is 0.629. The van der Waals surface area contributed by atoms with Gasteiger partial charge < -0.3 is 5.73 Å². The molecule has 1 aromatic carbocycles. The van der Waals surface area contributed by atoms with E-state index < -0.39 is 0 Å². The summed E-state index contributed by atoms with van der Waals surface area (Å²) in [6.45, 7) is 4.11. The number of nitrogens with two attached hydrogens (primary N) is 1. The van der Waals surface area contributed by atoms with Gasteiger partial charge in [0.05, 0.1) is 0 Å². The van der Waals surface area contributed by atoms with Crippen LogP contribution < -0.4 is 5.73 Å². The maximum Gasteiger partial charge on any atom is 0.131 e. The number of halogens is 1. The number of nitrogens with zero attached hydrogens (tertiary/aromatic N) is 1. The summed E-state index contributed by atoms with van der Waals surface area (Å²) < 4.78 is 13.2. The highest BCUT2D eigenvalue weighted by Gasteiger charge is 2.09. The zero-order chi connectivity index (χ0) is 11.0. The molecule has 2 N–H and O–H groups in total. The average Bonchev–Trinajstić information content (AvgIpc) is 2.17. The highest BCUT2D eigenvalue weighted by atomic mass is 19.1.